The molecule has 0 bridgehead atoms. The van der Waals surface area contributed by atoms with Crippen molar-refractivity contribution in [1.82, 2.24) is 10.6 Å². The SMILES string of the molecule is N#CC1=C(C#N)NC2CC=CC2N1. The molecule has 0 saturated heterocycles. The Bertz CT molecular complexity index is 366. The van der Waals surface area contributed by atoms with Gasteiger partial charge < -0.3 is 10.6 Å². The quantitative estimate of drug-likeness (QED) is 0.510. The van der Waals surface area contributed by atoms with Crippen LogP contribution in [-0.2, 0) is 0 Å². The van der Waals surface area contributed by atoms with E-state index in [-0.39, 0.29) is 12.1 Å². The maximum absolute atomic E-state index is 8.73. The minimum Gasteiger partial charge on any atom is -0.369 e. The summed E-state index contributed by atoms with van der Waals surface area (Å²) in [7, 11) is 0. The van der Waals surface area contributed by atoms with Crippen LogP contribution in [0.3, 0.4) is 0 Å². The number of nitriles is 2. The molecule has 0 saturated carbocycles. The van der Waals surface area contributed by atoms with Gasteiger partial charge in [0, 0.05) is 0 Å². The predicted molar refractivity (Wildman–Crippen MR) is 45.9 cm³/mol. The zero-order chi connectivity index (χ0) is 9.26. The van der Waals surface area contributed by atoms with Gasteiger partial charge in [0.15, 0.2) is 0 Å². The van der Waals surface area contributed by atoms with Crippen LogP contribution in [0.25, 0.3) is 0 Å². The predicted octanol–water partition coefficient (Wildman–Crippen LogP) is 0.135. The van der Waals surface area contributed by atoms with E-state index in [1.165, 1.54) is 0 Å². The summed E-state index contributed by atoms with van der Waals surface area (Å²) in [6.07, 6.45) is 4.97. The first kappa shape index (κ1) is 7.70. The van der Waals surface area contributed by atoms with Crippen molar-refractivity contribution in [3.8, 4) is 12.1 Å². The molecule has 13 heavy (non-hydrogen) atoms. The zero-order valence-electron chi connectivity index (χ0n) is 6.91. The first-order chi connectivity index (χ1) is 6.35. The van der Waals surface area contributed by atoms with Gasteiger partial charge in [-0.05, 0) is 6.42 Å². The van der Waals surface area contributed by atoms with Crippen molar-refractivity contribution in [3.63, 3.8) is 0 Å². The Morgan fingerprint density at radius 2 is 1.92 bits per heavy atom. The Labute approximate surface area is 76.2 Å². The molecule has 2 N–H and O–H groups in total. The first-order valence-corrected chi connectivity index (χ1v) is 4.09. The monoisotopic (exact) mass is 172 g/mol. The minimum absolute atomic E-state index is 0.159. The molecule has 0 fully saturated rings. The molecule has 0 amide bonds. The molecule has 0 aromatic rings. The smallest absolute Gasteiger partial charge is 0.148 e. The van der Waals surface area contributed by atoms with Crippen LogP contribution in [0.5, 0.6) is 0 Å². The number of hydrogen-bond donors (Lipinski definition) is 2. The van der Waals surface area contributed by atoms with Gasteiger partial charge >= 0.3 is 0 Å². The minimum atomic E-state index is 0.159. The van der Waals surface area contributed by atoms with Crippen LogP contribution >= 0.6 is 0 Å². The number of nitrogens with one attached hydrogen (secondary N) is 2. The summed E-state index contributed by atoms with van der Waals surface area (Å²) in [6, 6.07) is 4.33. The van der Waals surface area contributed by atoms with E-state index < -0.39 is 0 Å². The molecule has 2 aliphatic rings. The Hall–Kier alpha value is -1.94. The van der Waals surface area contributed by atoms with Crippen molar-refractivity contribution in [2.45, 2.75) is 18.5 Å². The highest BCUT2D eigenvalue weighted by Crippen LogP contribution is 2.18. The van der Waals surface area contributed by atoms with Gasteiger partial charge in [0.25, 0.3) is 0 Å². The summed E-state index contributed by atoms with van der Waals surface area (Å²) in [4.78, 5) is 0. The van der Waals surface area contributed by atoms with Gasteiger partial charge in [0.05, 0.1) is 12.1 Å². The van der Waals surface area contributed by atoms with E-state index in [4.69, 9.17) is 10.5 Å². The highest BCUT2D eigenvalue weighted by Gasteiger charge is 2.29. The molecule has 4 heteroatoms. The van der Waals surface area contributed by atoms with Gasteiger partial charge in [0.2, 0.25) is 0 Å². The lowest BCUT2D eigenvalue weighted by Crippen LogP contribution is -2.48. The number of allylic oxidation sites excluding steroid dienone is 2. The van der Waals surface area contributed by atoms with Gasteiger partial charge in [-0.15, -0.1) is 0 Å². The summed E-state index contributed by atoms with van der Waals surface area (Å²) < 4.78 is 0. The fourth-order valence-electron chi connectivity index (χ4n) is 1.62. The number of fused-ring (bicyclic) bond motifs is 1. The van der Waals surface area contributed by atoms with Gasteiger partial charge in [-0.2, -0.15) is 10.5 Å². The Morgan fingerprint density at radius 1 is 1.23 bits per heavy atom. The molecule has 2 unspecified atom stereocenters. The van der Waals surface area contributed by atoms with Crippen LogP contribution in [0, 0.1) is 22.7 Å². The van der Waals surface area contributed by atoms with Gasteiger partial charge in [-0.3, -0.25) is 0 Å². The lowest BCUT2D eigenvalue weighted by Gasteiger charge is -2.28. The Morgan fingerprint density at radius 3 is 2.62 bits per heavy atom. The van der Waals surface area contributed by atoms with Crippen molar-refractivity contribution in [3.05, 3.63) is 23.5 Å². The molecule has 1 heterocycles. The van der Waals surface area contributed by atoms with Crippen LogP contribution in [0.15, 0.2) is 23.5 Å². The van der Waals surface area contributed by atoms with Gasteiger partial charge in [-0.1, -0.05) is 12.2 Å². The second-order valence-electron chi connectivity index (χ2n) is 3.06. The van der Waals surface area contributed by atoms with Crippen LogP contribution in [0.1, 0.15) is 6.42 Å². The molecule has 0 spiro atoms. The third kappa shape index (κ3) is 1.13. The summed E-state index contributed by atoms with van der Waals surface area (Å²) in [5.74, 6) is 0. The summed E-state index contributed by atoms with van der Waals surface area (Å²) >= 11 is 0. The van der Waals surface area contributed by atoms with Crippen LogP contribution < -0.4 is 10.6 Å². The van der Waals surface area contributed by atoms with Gasteiger partial charge in [0.1, 0.15) is 23.5 Å². The van der Waals surface area contributed by atoms with Crippen molar-refractivity contribution < 1.29 is 0 Å². The molecule has 64 valence electrons. The molecule has 4 nitrogen and oxygen atoms in total. The van der Waals surface area contributed by atoms with E-state index in [0.717, 1.165) is 6.42 Å². The maximum atomic E-state index is 8.73. The summed E-state index contributed by atoms with van der Waals surface area (Å²) in [6.45, 7) is 0. The summed E-state index contributed by atoms with van der Waals surface area (Å²) in [5.41, 5.74) is 0.697. The van der Waals surface area contributed by atoms with E-state index >= 15 is 0 Å². The molecule has 0 aromatic carbocycles. The fraction of sp³-hybridized carbons (Fsp3) is 0.333. The molecule has 2 rings (SSSR count). The average molecular weight is 172 g/mol. The number of hydrogen-bond acceptors (Lipinski definition) is 4. The first-order valence-electron chi connectivity index (χ1n) is 4.09. The molecule has 1 aliphatic carbocycles. The topological polar surface area (TPSA) is 71.6 Å². The largest absolute Gasteiger partial charge is 0.369 e. The van der Waals surface area contributed by atoms with E-state index in [0.29, 0.717) is 11.4 Å². The summed E-state index contributed by atoms with van der Waals surface area (Å²) in [5, 5.41) is 23.5. The highest BCUT2D eigenvalue weighted by atomic mass is 15.1. The lowest BCUT2D eigenvalue weighted by molar-refractivity contribution is 0.472. The van der Waals surface area contributed by atoms with Crippen LogP contribution in [0.4, 0.5) is 0 Å². The van der Waals surface area contributed by atoms with E-state index in [1.54, 1.807) is 0 Å². The third-order valence-electron chi connectivity index (χ3n) is 2.28. The van der Waals surface area contributed by atoms with Crippen molar-refractivity contribution in [1.29, 1.82) is 10.5 Å². The standard InChI is InChI=1S/C9H8N4/c10-4-8-9(5-11)13-7-3-1-2-6(7)12-8/h1-2,6-7,12-13H,3H2. The number of nitrogens with zero attached hydrogens (tertiary/aromatic N) is 2. The fourth-order valence-corrected chi connectivity index (χ4v) is 1.62. The Balaban J connectivity index is 2.29. The van der Waals surface area contributed by atoms with E-state index in [2.05, 4.69) is 10.6 Å². The van der Waals surface area contributed by atoms with Crippen LogP contribution in [-0.4, -0.2) is 12.1 Å². The van der Waals surface area contributed by atoms with Crippen LogP contribution in [0.2, 0.25) is 0 Å². The van der Waals surface area contributed by atoms with Crippen molar-refractivity contribution in [2.24, 2.45) is 0 Å². The molecule has 1 aliphatic heterocycles. The van der Waals surface area contributed by atoms with E-state index in [1.807, 2.05) is 24.3 Å². The molecular weight excluding hydrogens is 164 g/mol. The molecule has 2 atom stereocenters. The normalized spacial score (nSPS) is 29.7. The Kier molecular flexibility index (Phi) is 1.68. The molecule has 0 aromatic heterocycles. The second-order valence-corrected chi connectivity index (χ2v) is 3.06. The lowest BCUT2D eigenvalue weighted by atomic mass is 10.1. The molecular formula is C9H8N4. The average Bonchev–Trinajstić information content (AvgIpc) is 2.62. The van der Waals surface area contributed by atoms with Crippen molar-refractivity contribution in [2.75, 3.05) is 0 Å². The molecule has 0 radical (unpaired) electrons. The van der Waals surface area contributed by atoms with E-state index in [9.17, 15) is 0 Å². The third-order valence-corrected chi connectivity index (χ3v) is 2.28. The number of rotatable bonds is 0. The van der Waals surface area contributed by atoms with Gasteiger partial charge in [-0.25, -0.2) is 0 Å². The maximum Gasteiger partial charge on any atom is 0.148 e. The van der Waals surface area contributed by atoms with Crippen molar-refractivity contribution >= 4 is 0 Å². The highest BCUT2D eigenvalue weighted by molar-refractivity contribution is 5.39. The second kappa shape index (κ2) is 2.84. The zero-order valence-corrected chi connectivity index (χ0v) is 6.91.